The maximum Gasteiger partial charge on any atom is 0.251 e. The second-order valence-electron chi connectivity index (χ2n) is 6.14. The summed E-state index contributed by atoms with van der Waals surface area (Å²) in [6, 6.07) is 13.5. The number of nitrogens with one attached hydrogen (secondary N) is 1. The fourth-order valence-electron chi connectivity index (χ4n) is 3.04. The van der Waals surface area contributed by atoms with Gasteiger partial charge in [-0.1, -0.05) is 24.3 Å². The molecule has 0 saturated heterocycles. The first kappa shape index (κ1) is 18.3. The first-order valence-electron chi connectivity index (χ1n) is 9.07. The second kappa shape index (κ2) is 8.72. The fourth-order valence-corrected chi connectivity index (χ4v) is 3.04. The summed E-state index contributed by atoms with van der Waals surface area (Å²) in [6.45, 7) is 5.95. The van der Waals surface area contributed by atoms with Gasteiger partial charge < -0.3 is 19.5 Å². The van der Waals surface area contributed by atoms with Crippen LogP contribution in [-0.4, -0.2) is 31.8 Å². The van der Waals surface area contributed by atoms with Crippen LogP contribution in [0.1, 0.15) is 35.3 Å². The maximum atomic E-state index is 12.5. The first-order chi connectivity index (χ1) is 12.7. The minimum Gasteiger partial charge on any atom is -0.490 e. The largest absolute Gasteiger partial charge is 0.490 e. The molecule has 26 heavy (non-hydrogen) atoms. The van der Waals surface area contributed by atoms with Crippen molar-refractivity contribution in [1.82, 2.24) is 5.32 Å². The van der Waals surface area contributed by atoms with Crippen LogP contribution in [0.25, 0.3) is 0 Å². The van der Waals surface area contributed by atoms with Crippen LogP contribution in [0.4, 0.5) is 0 Å². The van der Waals surface area contributed by atoms with E-state index in [-0.39, 0.29) is 12.0 Å². The van der Waals surface area contributed by atoms with Crippen LogP contribution >= 0.6 is 0 Å². The number of carbonyl (C=O) groups excluding carboxylic acids is 1. The Bertz CT molecular complexity index is 759. The summed E-state index contributed by atoms with van der Waals surface area (Å²) in [4.78, 5) is 12.5. The van der Waals surface area contributed by atoms with Crippen molar-refractivity contribution in [3.8, 4) is 11.5 Å². The van der Waals surface area contributed by atoms with Gasteiger partial charge in [-0.15, -0.1) is 0 Å². The first-order valence-corrected chi connectivity index (χ1v) is 9.07. The zero-order chi connectivity index (χ0) is 18.4. The lowest BCUT2D eigenvalue weighted by Gasteiger charge is -2.25. The molecule has 0 fully saturated rings. The third-order valence-corrected chi connectivity index (χ3v) is 4.34. The molecule has 1 heterocycles. The summed E-state index contributed by atoms with van der Waals surface area (Å²) in [5, 5.41) is 2.96. The number of fused-ring (bicyclic) bond motifs is 1. The number of hydrogen-bond donors (Lipinski definition) is 1. The molecule has 0 aromatic heterocycles. The molecule has 1 aliphatic rings. The van der Waals surface area contributed by atoms with Crippen LogP contribution in [0.5, 0.6) is 11.5 Å². The highest BCUT2D eigenvalue weighted by Crippen LogP contribution is 2.28. The maximum absolute atomic E-state index is 12.5. The van der Waals surface area contributed by atoms with Gasteiger partial charge in [-0.2, -0.15) is 0 Å². The van der Waals surface area contributed by atoms with Crippen LogP contribution < -0.4 is 14.8 Å². The Labute approximate surface area is 154 Å². The summed E-state index contributed by atoms with van der Waals surface area (Å²) < 4.78 is 17.0. The molecule has 1 amide bonds. The summed E-state index contributed by atoms with van der Waals surface area (Å²) in [5.74, 6) is 1.10. The Morgan fingerprint density at radius 2 is 1.81 bits per heavy atom. The fraction of sp³-hybridized carbons (Fsp3) is 0.381. The van der Waals surface area contributed by atoms with Gasteiger partial charge in [0.2, 0.25) is 0 Å². The minimum atomic E-state index is -0.142. The van der Waals surface area contributed by atoms with Crippen molar-refractivity contribution >= 4 is 5.91 Å². The van der Waals surface area contributed by atoms with Gasteiger partial charge in [0.15, 0.2) is 11.5 Å². The number of amides is 1. The summed E-state index contributed by atoms with van der Waals surface area (Å²) in [5.41, 5.74) is 3.06. The molecule has 5 nitrogen and oxygen atoms in total. The van der Waals surface area contributed by atoms with E-state index in [1.165, 1.54) is 11.1 Å². The molecule has 1 unspecified atom stereocenters. The summed E-state index contributed by atoms with van der Waals surface area (Å²) >= 11 is 0. The second-order valence-corrected chi connectivity index (χ2v) is 6.14. The van der Waals surface area contributed by atoms with Crippen molar-refractivity contribution in [1.29, 1.82) is 0 Å². The molecule has 2 aromatic rings. The van der Waals surface area contributed by atoms with Crippen molar-refractivity contribution in [3.63, 3.8) is 0 Å². The Morgan fingerprint density at radius 3 is 2.58 bits per heavy atom. The number of hydrogen-bond acceptors (Lipinski definition) is 4. The van der Waals surface area contributed by atoms with Crippen LogP contribution in [-0.2, 0) is 17.8 Å². The van der Waals surface area contributed by atoms with Crippen LogP contribution in [0, 0.1) is 0 Å². The smallest absolute Gasteiger partial charge is 0.251 e. The van der Waals surface area contributed by atoms with Gasteiger partial charge in [-0.05, 0) is 43.2 Å². The van der Waals surface area contributed by atoms with Crippen molar-refractivity contribution < 1.29 is 19.0 Å². The Hall–Kier alpha value is -2.53. The predicted octanol–water partition coefficient (Wildman–Crippen LogP) is 3.36. The van der Waals surface area contributed by atoms with Gasteiger partial charge >= 0.3 is 0 Å². The van der Waals surface area contributed by atoms with E-state index in [4.69, 9.17) is 14.2 Å². The highest BCUT2D eigenvalue weighted by Gasteiger charge is 2.20. The lowest BCUT2D eigenvalue weighted by atomic mass is 9.99. The highest BCUT2D eigenvalue weighted by molar-refractivity contribution is 5.94. The zero-order valence-electron chi connectivity index (χ0n) is 15.3. The SMILES string of the molecule is CCOc1ccc(C(=O)NCC2Cc3ccccc3CO2)cc1OCC. The van der Waals surface area contributed by atoms with E-state index >= 15 is 0 Å². The average Bonchev–Trinajstić information content (AvgIpc) is 2.67. The van der Waals surface area contributed by atoms with E-state index < -0.39 is 0 Å². The van der Waals surface area contributed by atoms with E-state index in [9.17, 15) is 4.79 Å². The number of carbonyl (C=O) groups is 1. The summed E-state index contributed by atoms with van der Waals surface area (Å²) in [7, 11) is 0. The van der Waals surface area contributed by atoms with E-state index in [1.54, 1.807) is 18.2 Å². The van der Waals surface area contributed by atoms with Crippen LogP contribution in [0.2, 0.25) is 0 Å². The molecular weight excluding hydrogens is 330 g/mol. The number of ether oxygens (including phenoxy) is 3. The molecule has 0 bridgehead atoms. The van der Waals surface area contributed by atoms with Crippen molar-refractivity contribution in [2.75, 3.05) is 19.8 Å². The molecular formula is C21H25NO4. The monoisotopic (exact) mass is 355 g/mol. The number of benzene rings is 2. The molecule has 0 spiro atoms. The predicted molar refractivity (Wildman–Crippen MR) is 99.8 cm³/mol. The molecule has 1 N–H and O–H groups in total. The van der Waals surface area contributed by atoms with Gasteiger partial charge in [0.1, 0.15) is 0 Å². The lowest BCUT2D eigenvalue weighted by Crippen LogP contribution is -2.36. The molecule has 3 rings (SSSR count). The third kappa shape index (κ3) is 4.35. The molecule has 0 radical (unpaired) electrons. The molecule has 5 heteroatoms. The van der Waals surface area contributed by atoms with Gasteiger partial charge in [0, 0.05) is 18.5 Å². The van der Waals surface area contributed by atoms with Crippen molar-refractivity contribution in [2.45, 2.75) is 33.0 Å². The number of rotatable bonds is 7. The lowest BCUT2D eigenvalue weighted by molar-refractivity contribution is 0.0285. The van der Waals surface area contributed by atoms with E-state index in [2.05, 4.69) is 17.4 Å². The summed E-state index contributed by atoms with van der Waals surface area (Å²) in [6.07, 6.45) is 0.798. The Balaban J connectivity index is 1.61. The average molecular weight is 355 g/mol. The molecule has 1 aliphatic heterocycles. The Morgan fingerprint density at radius 1 is 1.08 bits per heavy atom. The van der Waals surface area contributed by atoms with Gasteiger partial charge in [0.05, 0.1) is 25.9 Å². The Kier molecular flexibility index (Phi) is 6.12. The topological polar surface area (TPSA) is 56.8 Å². The van der Waals surface area contributed by atoms with Crippen LogP contribution in [0.3, 0.4) is 0 Å². The minimum absolute atomic E-state index is 0.0112. The molecule has 0 saturated carbocycles. The van der Waals surface area contributed by atoms with Gasteiger partial charge in [-0.3, -0.25) is 4.79 Å². The third-order valence-electron chi connectivity index (χ3n) is 4.34. The normalized spacial score (nSPS) is 15.8. The van der Waals surface area contributed by atoms with E-state index in [0.29, 0.717) is 43.4 Å². The highest BCUT2D eigenvalue weighted by atomic mass is 16.5. The molecule has 0 aliphatic carbocycles. The van der Waals surface area contributed by atoms with Gasteiger partial charge in [0.25, 0.3) is 5.91 Å². The van der Waals surface area contributed by atoms with E-state index in [0.717, 1.165) is 6.42 Å². The standard InChI is InChI=1S/C21H25NO4/c1-3-24-19-10-9-16(12-20(19)25-4-2)21(23)22-13-18-11-15-7-5-6-8-17(15)14-26-18/h5-10,12,18H,3-4,11,13-14H2,1-2H3,(H,22,23). The molecule has 138 valence electrons. The van der Waals surface area contributed by atoms with Crippen molar-refractivity contribution in [2.24, 2.45) is 0 Å². The molecule has 2 aromatic carbocycles. The van der Waals surface area contributed by atoms with Crippen molar-refractivity contribution in [3.05, 3.63) is 59.2 Å². The van der Waals surface area contributed by atoms with E-state index in [1.807, 2.05) is 26.0 Å². The van der Waals surface area contributed by atoms with Crippen LogP contribution in [0.15, 0.2) is 42.5 Å². The quantitative estimate of drug-likeness (QED) is 0.827. The zero-order valence-corrected chi connectivity index (χ0v) is 15.3. The molecule has 1 atom stereocenters. The van der Waals surface area contributed by atoms with Gasteiger partial charge in [-0.25, -0.2) is 0 Å².